The van der Waals surface area contributed by atoms with E-state index in [2.05, 4.69) is 21.2 Å². The van der Waals surface area contributed by atoms with Gasteiger partial charge >= 0.3 is 0 Å². The molecule has 1 aromatic rings. The van der Waals surface area contributed by atoms with Crippen LogP contribution in [0.3, 0.4) is 0 Å². The molecule has 0 atom stereocenters. The van der Waals surface area contributed by atoms with Gasteiger partial charge in [-0.1, -0.05) is 22.0 Å². The summed E-state index contributed by atoms with van der Waals surface area (Å²) in [6.07, 6.45) is 1.37. The number of benzene rings is 1. The van der Waals surface area contributed by atoms with E-state index in [4.69, 9.17) is 4.74 Å². The average molecular weight is 357 g/mol. The van der Waals surface area contributed by atoms with Crippen molar-refractivity contribution in [2.24, 2.45) is 0 Å². The van der Waals surface area contributed by atoms with Crippen molar-refractivity contribution >= 4 is 27.5 Å². The van der Waals surface area contributed by atoms with Gasteiger partial charge in [-0.2, -0.15) is 0 Å². The predicted octanol–water partition coefficient (Wildman–Crippen LogP) is 2.58. The summed E-state index contributed by atoms with van der Waals surface area (Å²) in [6.45, 7) is 2.94. The Hall–Kier alpha value is -1.47. The molecule has 0 aromatic heterocycles. The summed E-state index contributed by atoms with van der Waals surface area (Å²) in [7, 11) is 0. The minimum absolute atomic E-state index is 0.104. The molecule has 1 aromatic carbocycles. The Morgan fingerprint density at radius 2 is 2.14 bits per heavy atom. The zero-order valence-corrected chi connectivity index (χ0v) is 13.3. The van der Waals surface area contributed by atoms with Gasteiger partial charge in [-0.05, 0) is 31.4 Å². The van der Waals surface area contributed by atoms with E-state index in [0.717, 1.165) is 5.56 Å². The highest BCUT2D eigenvalue weighted by Crippen LogP contribution is 2.26. The minimum atomic E-state index is -0.529. The van der Waals surface area contributed by atoms with Crippen LogP contribution in [0.25, 0.3) is 0 Å². The topological polar surface area (TPSA) is 81.5 Å². The van der Waals surface area contributed by atoms with Crippen molar-refractivity contribution in [3.8, 4) is 0 Å². The smallest absolute Gasteiger partial charge is 0.282 e. The van der Waals surface area contributed by atoms with E-state index in [1.807, 2.05) is 0 Å². The highest BCUT2D eigenvalue weighted by molar-refractivity contribution is 9.09. The summed E-state index contributed by atoms with van der Waals surface area (Å²) >= 11 is 3.43. The SMILES string of the molecule is Cc1ccc([N+](=O)[O-])c(C(=O)NC2(CBr)CCOCC2)c1. The Kier molecular flexibility index (Phi) is 4.95. The number of carbonyl (C=O) groups is 1. The fourth-order valence-corrected chi connectivity index (χ4v) is 3.05. The third kappa shape index (κ3) is 3.59. The van der Waals surface area contributed by atoms with Crippen molar-refractivity contribution in [3.05, 3.63) is 39.4 Å². The first kappa shape index (κ1) is 15.9. The van der Waals surface area contributed by atoms with Gasteiger partial charge in [0.05, 0.1) is 10.5 Å². The molecule has 1 aliphatic heterocycles. The average Bonchev–Trinajstić information content (AvgIpc) is 2.47. The number of nitrogens with one attached hydrogen (secondary N) is 1. The number of aryl methyl sites for hydroxylation is 1. The summed E-state index contributed by atoms with van der Waals surface area (Å²) < 4.78 is 5.31. The molecule has 0 saturated carbocycles. The molecule has 114 valence electrons. The van der Waals surface area contributed by atoms with Crippen molar-refractivity contribution < 1.29 is 14.5 Å². The number of hydrogen-bond donors (Lipinski definition) is 1. The second-order valence-corrected chi connectivity index (χ2v) is 5.82. The number of amides is 1. The lowest BCUT2D eigenvalue weighted by Gasteiger charge is -2.36. The van der Waals surface area contributed by atoms with Gasteiger partial charge in [-0.3, -0.25) is 14.9 Å². The van der Waals surface area contributed by atoms with E-state index in [9.17, 15) is 14.9 Å². The summed E-state index contributed by atoms with van der Waals surface area (Å²) in [6, 6.07) is 4.55. The first-order chi connectivity index (χ1) is 9.97. The van der Waals surface area contributed by atoms with Crippen molar-refractivity contribution in [1.29, 1.82) is 0 Å². The Morgan fingerprint density at radius 3 is 2.71 bits per heavy atom. The van der Waals surface area contributed by atoms with Gasteiger partial charge < -0.3 is 10.1 Å². The van der Waals surface area contributed by atoms with Gasteiger partial charge in [0, 0.05) is 24.6 Å². The summed E-state index contributed by atoms with van der Waals surface area (Å²) in [4.78, 5) is 23.0. The van der Waals surface area contributed by atoms with E-state index >= 15 is 0 Å². The normalized spacial score (nSPS) is 17.2. The highest BCUT2D eigenvalue weighted by atomic mass is 79.9. The molecule has 0 bridgehead atoms. The number of carbonyl (C=O) groups excluding carboxylic acids is 1. The lowest BCUT2D eigenvalue weighted by molar-refractivity contribution is -0.385. The molecule has 0 aliphatic carbocycles. The zero-order valence-electron chi connectivity index (χ0n) is 11.7. The van der Waals surface area contributed by atoms with Crippen LogP contribution in [0.2, 0.25) is 0 Å². The molecule has 6 nitrogen and oxygen atoms in total. The molecule has 0 radical (unpaired) electrons. The quantitative estimate of drug-likeness (QED) is 0.510. The van der Waals surface area contributed by atoms with Crippen LogP contribution in [0.15, 0.2) is 18.2 Å². The number of ether oxygens (including phenoxy) is 1. The van der Waals surface area contributed by atoms with Crippen LogP contribution in [0, 0.1) is 17.0 Å². The highest BCUT2D eigenvalue weighted by Gasteiger charge is 2.34. The summed E-state index contributed by atoms with van der Waals surface area (Å²) in [5.74, 6) is -0.410. The van der Waals surface area contributed by atoms with Crippen LogP contribution in [-0.4, -0.2) is 34.9 Å². The van der Waals surface area contributed by atoms with Crippen molar-refractivity contribution in [2.45, 2.75) is 25.3 Å². The lowest BCUT2D eigenvalue weighted by Crippen LogP contribution is -2.53. The fourth-order valence-electron chi connectivity index (χ4n) is 2.35. The Bertz CT molecular complexity index is 556. The van der Waals surface area contributed by atoms with Gasteiger partial charge in [0.15, 0.2) is 0 Å². The van der Waals surface area contributed by atoms with E-state index in [1.165, 1.54) is 6.07 Å². The summed E-state index contributed by atoms with van der Waals surface area (Å²) in [5.41, 5.74) is 0.333. The van der Waals surface area contributed by atoms with E-state index in [-0.39, 0.29) is 11.3 Å². The number of nitro groups is 1. The molecule has 1 amide bonds. The first-order valence-electron chi connectivity index (χ1n) is 6.69. The Balaban J connectivity index is 2.27. The van der Waals surface area contributed by atoms with Crippen molar-refractivity contribution in [2.75, 3.05) is 18.5 Å². The number of rotatable bonds is 4. The molecule has 7 heteroatoms. The van der Waals surface area contributed by atoms with Crippen molar-refractivity contribution in [1.82, 2.24) is 5.32 Å². The molecule has 2 rings (SSSR count). The van der Waals surface area contributed by atoms with Gasteiger partial charge in [0.2, 0.25) is 0 Å². The number of nitrogens with zero attached hydrogens (tertiary/aromatic N) is 1. The maximum absolute atomic E-state index is 12.5. The molecule has 0 spiro atoms. The standard InChI is InChI=1S/C14H17BrN2O4/c1-10-2-3-12(17(19)20)11(8-10)13(18)16-14(9-15)4-6-21-7-5-14/h2-3,8H,4-7,9H2,1H3,(H,16,18). The van der Waals surface area contributed by atoms with Crippen LogP contribution < -0.4 is 5.32 Å². The molecule has 1 saturated heterocycles. The molecule has 0 unspecified atom stereocenters. The number of halogens is 1. The first-order valence-corrected chi connectivity index (χ1v) is 7.81. The summed E-state index contributed by atoms with van der Waals surface area (Å²) in [5, 5.41) is 14.6. The Labute approximate surface area is 131 Å². The second-order valence-electron chi connectivity index (χ2n) is 5.26. The third-order valence-electron chi connectivity index (χ3n) is 3.68. The van der Waals surface area contributed by atoms with Crippen LogP contribution in [0.5, 0.6) is 0 Å². The molecule has 1 fully saturated rings. The number of hydrogen-bond acceptors (Lipinski definition) is 4. The predicted molar refractivity (Wildman–Crippen MR) is 81.9 cm³/mol. The van der Waals surface area contributed by atoms with Crippen molar-refractivity contribution in [3.63, 3.8) is 0 Å². The molecule has 1 N–H and O–H groups in total. The van der Waals surface area contributed by atoms with Gasteiger partial charge in [0.1, 0.15) is 5.56 Å². The lowest BCUT2D eigenvalue weighted by atomic mass is 9.92. The molecular formula is C14H17BrN2O4. The van der Waals surface area contributed by atoms with E-state index < -0.39 is 16.4 Å². The number of nitro benzene ring substituents is 1. The second kappa shape index (κ2) is 6.53. The molecular weight excluding hydrogens is 340 g/mol. The van der Waals surface area contributed by atoms with Crippen LogP contribution in [0.4, 0.5) is 5.69 Å². The minimum Gasteiger partial charge on any atom is -0.381 e. The largest absolute Gasteiger partial charge is 0.381 e. The van der Waals surface area contributed by atoms with Gasteiger partial charge in [-0.15, -0.1) is 0 Å². The molecule has 21 heavy (non-hydrogen) atoms. The Morgan fingerprint density at radius 1 is 1.48 bits per heavy atom. The maximum atomic E-state index is 12.5. The third-order valence-corrected chi connectivity index (χ3v) is 4.75. The molecule has 1 aliphatic rings. The van der Waals surface area contributed by atoms with Crippen LogP contribution in [0.1, 0.15) is 28.8 Å². The number of alkyl halides is 1. The van der Waals surface area contributed by atoms with Gasteiger partial charge in [0.25, 0.3) is 11.6 Å². The zero-order chi connectivity index (χ0) is 15.5. The fraction of sp³-hybridized carbons (Fsp3) is 0.500. The van der Waals surface area contributed by atoms with Gasteiger partial charge in [-0.25, -0.2) is 0 Å². The van der Waals surface area contributed by atoms with Crippen LogP contribution >= 0.6 is 15.9 Å². The van der Waals surface area contributed by atoms with Crippen LogP contribution in [-0.2, 0) is 4.74 Å². The van der Waals surface area contributed by atoms with E-state index in [0.29, 0.717) is 31.4 Å². The maximum Gasteiger partial charge on any atom is 0.282 e. The van der Waals surface area contributed by atoms with E-state index in [1.54, 1.807) is 19.1 Å². The molecule has 1 heterocycles. The monoisotopic (exact) mass is 356 g/mol.